The van der Waals surface area contributed by atoms with E-state index in [1.807, 2.05) is 18.7 Å². The molecule has 1 aromatic carbocycles. The van der Waals surface area contributed by atoms with Crippen molar-refractivity contribution in [3.8, 4) is 0 Å². The number of nitrogens with zero attached hydrogens (tertiary/aromatic N) is 1. The van der Waals surface area contributed by atoms with Crippen molar-refractivity contribution in [2.75, 3.05) is 23.5 Å². The summed E-state index contributed by atoms with van der Waals surface area (Å²) in [6.07, 6.45) is 1.29. The van der Waals surface area contributed by atoms with Crippen molar-refractivity contribution < 1.29 is 0 Å². The molecule has 2 rings (SSSR count). The molecule has 0 radical (unpaired) electrons. The minimum absolute atomic E-state index is 0.0748. The topological polar surface area (TPSA) is 29.3 Å². The summed E-state index contributed by atoms with van der Waals surface area (Å²) in [4.78, 5) is 2.38. The average molecular weight is 315 g/mol. The molecule has 2 atom stereocenters. The molecule has 2 N–H and O–H groups in total. The predicted octanol–water partition coefficient (Wildman–Crippen LogP) is 3.41. The number of hydrogen-bond acceptors (Lipinski definition) is 3. The maximum Gasteiger partial charge on any atom is 0.0385 e. The Hall–Kier alpha value is -0.190. The fraction of sp³-hybridized carbons (Fsp3) is 0.538. The molecule has 0 amide bonds. The Balaban J connectivity index is 2.18. The zero-order valence-corrected chi connectivity index (χ0v) is 12.7. The van der Waals surface area contributed by atoms with Crippen molar-refractivity contribution in [2.45, 2.75) is 25.4 Å². The lowest BCUT2D eigenvalue weighted by atomic mass is 10.1. The molecule has 1 aliphatic rings. The number of benzene rings is 1. The Kier molecular flexibility index (Phi) is 4.39. The highest BCUT2D eigenvalue weighted by atomic mass is 79.9. The first-order valence-electron chi connectivity index (χ1n) is 5.95. The van der Waals surface area contributed by atoms with Crippen LogP contribution in [0.15, 0.2) is 22.7 Å². The fourth-order valence-electron chi connectivity index (χ4n) is 2.14. The first kappa shape index (κ1) is 13.2. The molecular formula is C13H19BrN2S. The molecule has 17 heavy (non-hydrogen) atoms. The van der Waals surface area contributed by atoms with Gasteiger partial charge in [-0.25, -0.2) is 0 Å². The van der Waals surface area contributed by atoms with Crippen molar-refractivity contribution in [3.63, 3.8) is 0 Å². The van der Waals surface area contributed by atoms with E-state index in [1.54, 1.807) is 0 Å². The normalized spacial score (nSPS) is 21.5. The summed E-state index contributed by atoms with van der Waals surface area (Å²) >= 11 is 5.66. The maximum absolute atomic E-state index is 5.92. The largest absolute Gasteiger partial charge is 0.371 e. The van der Waals surface area contributed by atoms with Crippen LogP contribution < -0.4 is 10.6 Å². The summed E-state index contributed by atoms with van der Waals surface area (Å²) in [7, 11) is 2.18. The number of hydrogen-bond donors (Lipinski definition) is 1. The van der Waals surface area contributed by atoms with E-state index in [1.165, 1.54) is 29.2 Å². The van der Waals surface area contributed by atoms with Gasteiger partial charge in [-0.3, -0.25) is 0 Å². The molecule has 0 spiro atoms. The minimum Gasteiger partial charge on any atom is -0.371 e. The van der Waals surface area contributed by atoms with Crippen molar-refractivity contribution in [2.24, 2.45) is 5.73 Å². The highest BCUT2D eigenvalue weighted by molar-refractivity contribution is 9.10. The van der Waals surface area contributed by atoms with Gasteiger partial charge in [0.15, 0.2) is 0 Å². The molecule has 2 unspecified atom stereocenters. The Morgan fingerprint density at radius 1 is 1.53 bits per heavy atom. The molecule has 0 aromatic heterocycles. The van der Waals surface area contributed by atoms with E-state index in [9.17, 15) is 0 Å². The van der Waals surface area contributed by atoms with E-state index in [0.29, 0.717) is 6.04 Å². The second kappa shape index (κ2) is 5.63. The lowest BCUT2D eigenvalue weighted by Gasteiger charge is -2.26. The molecule has 1 aliphatic heterocycles. The average Bonchev–Trinajstić information content (AvgIpc) is 2.80. The van der Waals surface area contributed by atoms with E-state index in [4.69, 9.17) is 5.73 Å². The number of thioether (sulfide) groups is 1. The van der Waals surface area contributed by atoms with Gasteiger partial charge in [-0.15, -0.1) is 0 Å². The number of rotatable bonds is 3. The third-order valence-electron chi connectivity index (χ3n) is 3.34. The van der Waals surface area contributed by atoms with Crippen LogP contribution in [0.5, 0.6) is 0 Å². The van der Waals surface area contributed by atoms with Crippen LogP contribution in [0.2, 0.25) is 0 Å². The van der Waals surface area contributed by atoms with Crippen LogP contribution in [0.4, 0.5) is 5.69 Å². The van der Waals surface area contributed by atoms with E-state index in [0.717, 1.165) is 4.47 Å². The van der Waals surface area contributed by atoms with Crippen molar-refractivity contribution in [1.82, 2.24) is 0 Å². The molecular weight excluding hydrogens is 296 g/mol. The van der Waals surface area contributed by atoms with Crippen LogP contribution in [0.1, 0.15) is 24.9 Å². The van der Waals surface area contributed by atoms with Crippen LogP contribution >= 0.6 is 27.7 Å². The second-order valence-electron chi connectivity index (χ2n) is 4.62. The first-order valence-corrected chi connectivity index (χ1v) is 7.90. The van der Waals surface area contributed by atoms with Gasteiger partial charge in [0.05, 0.1) is 0 Å². The molecule has 0 bridgehead atoms. The Morgan fingerprint density at radius 2 is 2.29 bits per heavy atom. The Labute approximate surface area is 116 Å². The van der Waals surface area contributed by atoms with E-state index in [-0.39, 0.29) is 6.04 Å². The minimum atomic E-state index is 0.0748. The molecule has 4 heteroatoms. The summed E-state index contributed by atoms with van der Waals surface area (Å²) in [6.45, 7) is 2.01. The molecule has 1 fully saturated rings. The van der Waals surface area contributed by atoms with Crippen LogP contribution in [0, 0.1) is 0 Å². The first-order chi connectivity index (χ1) is 8.09. The van der Waals surface area contributed by atoms with E-state index < -0.39 is 0 Å². The number of halogens is 1. The van der Waals surface area contributed by atoms with Gasteiger partial charge >= 0.3 is 0 Å². The highest BCUT2D eigenvalue weighted by Gasteiger charge is 2.20. The summed E-state index contributed by atoms with van der Waals surface area (Å²) in [6, 6.07) is 7.23. The molecule has 1 saturated heterocycles. The van der Waals surface area contributed by atoms with Crippen molar-refractivity contribution in [3.05, 3.63) is 28.2 Å². The maximum atomic E-state index is 5.92. The van der Waals surface area contributed by atoms with Crippen molar-refractivity contribution >= 4 is 33.4 Å². The fourth-order valence-corrected chi connectivity index (χ4v) is 4.14. The van der Waals surface area contributed by atoms with Gasteiger partial charge in [-0.2, -0.15) is 11.8 Å². The third-order valence-corrected chi connectivity index (χ3v) is 5.17. The molecule has 1 heterocycles. The van der Waals surface area contributed by atoms with Gasteiger partial charge in [-0.05, 0) is 36.8 Å². The molecule has 0 aliphatic carbocycles. The van der Waals surface area contributed by atoms with E-state index in [2.05, 4.69) is 46.1 Å². The second-order valence-corrected chi connectivity index (χ2v) is 6.63. The molecule has 1 aromatic rings. The zero-order chi connectivity index (χ0) is 12.4. The van der Waals surface area contributed by atoms with Crippen molar-refractivity contribution in [1.29, 1.82) is 0 Å². The summed E-state index contributed by atoms with van der Waals surface area (Å²) in [5.41, 5.74) is 8.36. The number of anilines is 1. The third kappa shape index (κ3) is 2.98. The van der Waals surface area contributed by atoms with Gasteiger partial charge < -0.3 is 10.6 Å². The monoisotopic (exact) mass is 314 g/mol. The lowest BCUT2D eigenvalue weighted by Crippen LogP contribution is -2.31. The predicted molar refractivity (Wildman–Crippen MR) is 80.9 cm³/mol. The van der Waals surface area contributed by atoms with Crippen LogP contribution in [-0.4, -0.2) is 24.6 Å². The Bertz CT molecular complexity index is 389. The van der Waals surface area contributed by atoms with Crippen LogP contribution in [-0.2, 0) is 0 Å². The van der Waals surface area contributed by atoms with Gasteiger partial charge in [0.2, 0.25) is 0 Å². The standard InChI is InChI=1S/C13H19BrN2S/c1-9(15)12-4-3-10(7-13(12)14)16(2)11-5-6-17-8-11/h3-4,7,9,11H,5-6,8,15H2,1-2H3. The molecule has 0 saturated carbocycles. The van der Waals surface area contributed by atoms with E-state index >= 15 is 0 Å². The van der Waals surface area contributed by atoms with Gasteiger partial charge in [0.25, 0.3) is 0 Å². The van der Waals surface area contributed by atoms with Crippen LogP contribution in [0.3, 0.4) is 0 Å². The zero-order valence-electron chi connectivity index (χ0n) is 10.3. The smallest absolute Gasteiger partial charge is 0.0385 e. The number of nitrogens with two attached hydrogens (primary N) is 1. The lowest BCUT2D eigenvalue weighted by molar-refractivity contribution is 0.699. The summed E-state index contributed by atoms with van der Waals surface area (Å²) < 4.78 is 1.11. The van der Waals surface area contributed by atoms with Gasteiger partial charge in [0, 0.05) is 35.0 Å². The molecule has 94 valence electrons. The quantitative estimate of drug-likeness (QED) is 0.927. The molecule has 2 nitrogen and oxygen atoms in total. The highest BCUT2D eigenvalue weighted by Crippen LogP contribution is 2.30. The summed E-state index contributed by atoms with van der Waals surface area (Å²) in [5.74, 6) is 2.53. The van der Waals surface area contributed by atoms with Gasteiger partial charge in [0.1, 0.15) is 0 Å². The van der Waals surface area contributed by atoms with Crippen LogP contribution in [0.25, 0.3) is 0 Å². The van der Waals surface area contributed by atoms with Gasteiger partial charge in [-0.1, -0.05) is 22.0 Å². The Morgan fingerprint density at radius 3 is 2.82 bits per heavy atom. The SMILES string of the molecule is CC(N)c1ccc(N(C)C2CCSC2)cc1Br. The summed E-state index contributed by atoms with van der Waals surface area (Å²) in [5, 5.41) is 0.